The van der Waals surface area contributed by atoms with Gasteiger partial charge in [-0.15, -0.1) is 11.8 Å². The Morgan fingerprint density at radius 3 is 2.04 bits per heavy atom. The van der Waals surface area contributed by atoms with E-state index >= 15 is 0 Å². The normalized spacial score (nSPS) is 10.4. The quantitative estimate of drug-likeness (QED) is 0.220. The molecule has 136 valence electrons. The molecule has 0 saturated heterocycles. The minimum absolute atomic E-state index is 0.0278. The molecule has 0 amide bonds. The highest BCUT2D eigenvalue weighted by Crippen LogP contribution is 2.24. The van der Waals surface area contributed by atoms with Crippen molar-refractivity contribution in [2.75, 3.05) is 0 Å². The Labute approximate surface area is 167 Å². The highest BCUT2D eigenvalue weighted by molar-refractivity contribution is 7.98. The first-order chi connectivity index (χ1) is 13.0. The molecule has 0 aliphatic rings. The zero-order valence-electron chi connectivity index (χ0n) is 14.6. The molecule has 0 fully saturated rings. The summed E-state index contributed by atoms with van der Waals surface area (Å²) in [6, 6.07) is 21.6. The Balaban J connectivity index is 1.58. The maximum atomic E-state index is 12.2. The van der Waals surface area contributed by atoms with Crippen LogP contribution >= 0.6 is 23.4 Å². The zero-order valence-corrected chi connectivity index (χ0v) is 16.2. The molecule has 27 heavy (non-hydrogen) atoms. The van der Waals surface area contributed by atoms with Gasteiger partial charge < -0.3 is 4.74 Å². The van der Waals surface area contributed by atoms with Crippen LogP contribution in [0.5, 0.6) is 5.75 Å². The summed E-state index contributed by atoms with van der Waals surface area (Å²) in [6.45, 7) is 1.49. The van der Waals surface area contributed by atoms with Gasteiger partial charge in [-0.1, -0.05) is 23.7 Å². The summed E-state index contributed by atoms with van der Waals surface area (Å²) in [4.78, 5) is 24.7. The number of ketones is 1. The van der Waals surface area contributed by atoms with E-state index in [1.165, 1.54) is 6.92 Å². The third-order valence-corrected chi connectivity index (χ3v) is 5.22. The molecule has 5 heteroatoms. The van der Waals surface area contributed by atoms with Crippen LogP contribution in [0.3, 0.4) is 0 Å². The lowest BCUT2D eigenvalue weighted by Gasteiger charge is -2.06. The molecule has 0 aromatic heterocycles. The highest BCUT2D eigenvalue weighted by Gasteiger charge is 2.09. The first-order valence-electron chi connectivity index (χ1n) is 8.32. The number of hydrogen-bond donors (Lipinski definition) is 0. The summed E-state index contributed by atoms with van der Waals surface area (Å²) in [6.07, 6.45) is 0. The lowest BCUT2D eigenvalue weighted by molar-refractivity contribution is 0.0734. The van der Waals surface area contributed by atoms with E-state index in [0.717, 1.165) is 21.2 Å². The fraction of sp³-hybridized carbons (Fsp3) is 0.0909. The summed E-state index contributed by atoms with van der Waals surface area (Å²) in [7, 11) is 0. The Hall–Kier alpha value is -2.56. The second kappa shape index (κ2) is 8.89. The summed E-state index contributed by atoms with van der Waals surface area (Å²) >= 11 is 7.59. The van der Waals surface area contributed by atoms with Crippen molar-refractivity contribution in [2.45, 2.75) is 17.6 Å². The number of carbonyl (C=O) groups is 2. The molecular formula is C22H17ClO3S. The smallest absolute Gasteiger partial charge is 0.343 e. The second-order valence-corrected chi connectivity index (χ2v) is 7.39. The van der Waals surface area contributed by atoms with Gasteiger partial charge in [0.05, 0.1) is 5.56 Å². The Bertz CT molecular complexity index is 933. The molecule has 0 spiro atoms. The molecule has 3 nitrogen and oxygen atoms in total. The molecule has 0 bridgehead atoms. The van der Waals surface area contributed by atoms with Crippen molar-refractivity contribution < 1.29 is 14.3 Å². The number of carbonyl (C=O) groups excluding carboxylic acids is 2. The third-order valence-electron chi connectivity index (χ3n) is 3.88. The molecule has 3 aromatic carbocycles. The summed E-state index contributed by atoms with van der Waals surface area (Å²) in [5.74, 6) is 0.749. The number of halogens is 1. The van der Waals surface area contributed by atoms with E-state index < -0.39 is 5.97 Å². The Morgan fingerprint density at radius 1 is 0.852 bits per heavy atom. The van der Waals surface area contributed by atoms with E-state index in [2.05, 4.69) is 0 Å². The van der Waals surface area contributed by atoms with Gasteiger partial charge in [0.2, 0.25) is 0 Å². The van der Waals surface area contributed by atoms with Crippen LogP contribution in [0.4, 0.5) is 0 Å². The summed E-state index contributed by atoms with van der Waals surface area (Å²) in [5.41, 5.74) is 2.17. The topological polar surface area (TPSA) is 43.4 Å². The first kappa shape index (κ1) is 19.2. The number of benzene rings is 3. The van der Waals surface area contributed by atoms with Crippen LogP contribution in [0.15, 0.2) is 77.7 Å². The number of rotatable bonds is 6. The van der Waals surface area contributed by atoms with Crippen LogP contribution in [0.1, 0.15) is 33.2 Å². The number of Topliss-reactive ketones (excluding diaryl/α,β-unsaturated/α-hetero) is 1. The summed E-state index contributed by atoms with van der Waals surface area (Å²) in [5, 5.41) is 0.721. The van der Waals surface area contributed by atoms with E-state index in [1.54, 1.807) is 48.2 Å². The lowest BCUT2D eigenvalue weighted by atomic mass is 10.1. The molecule has 3 rings (SSSR count). The zero-order chi connectivity index (χ0) is 19.2. The Morgan fingerprint density at radius 2 is 1.44 bits per heavy atom. The van der Waals surface area contributed by atoms with Crippen LogP contribution in [0, 0.1) is 0 Å². The van der Waals surface area contributed by atoms with E-state index in [0.29, 0.717) is 16.9 Å². The van der Waals surface area contributed by atoms with Gasteiger partial charge in [-0.25, -0.2) is 4.79 Å². The number of esters is 1. The van der Waals surface area contributed by atoms with Gasteiger partial charge in [-0.2, -0.15) is 0 Å². The SMILES string of the molecule is CC(=O)c1ccc(OC(=O)c2ccc(CSc3ccc(Cl)cc3)cc2)cc1. The molecule has 0 saturated carbocycles. The predicted molar refractivity (Wildman–Crippen MR) is 109 cm³/mol. The second-order valence-electron chi connectivity index (χ2n) is 5.91. The molecule has 0 heterocycles. The van der Waals surface area contributed by atoms with E-state index in [-0.39, 0.29) is 5.78 Å². The standard InChI is InChI=1S/C22H17ClO3S/c1-15(24)17-6-10-20(11-7-17)26-22(25)18-4-2-16(3-5-18)14-27-21-12-8-19(23)9-13-21/h2-13H,14H2,1H3. The van der Waals surface area contributed by atoms with Crippen molar-refractivity contribution in [3.05, 3.63) is 94.5 Å². The van der Waals surface area contributed by atoms with Gasteiger partial charge in [0, 0.05) is 21.2 Å². The van der Waals surface area contributed by atoms with E-state index in [4.69, 9.17) is 16.3 Å². The summed E-state index contributed by atoms with van der Waals surface area (Å²) < 4.78 is 5.35. The van der Waals surface area contributed by atoms with E-state index in [9.17, 15) is 9.59 Å². The molecular weight excluding hydrogens is 380 g/mol. The van der Waals surface area contributed by atoms with Crippen molar-refractivity contribution in [1.82, 2.24) is 0 Å². The van der Waals surface area contributed by atoms with Gasteiger partial charge in [0.15, 0.2) is 5.78 Å². The minimum atomic E-state index is -0.428. The van der Waals surface area contributed by atoms with Crippen molar-refractivity contribution in [2.24, 2.45) is 0 Å². The Kier molecular flexibility index (Phi) is 6.32. The molecule has 3 aromatic rings. The molecule has 0 aliphatic carbocycles. The van der Waals surface area contributed by atoms with Crippen molar-refractivity contribution in [3.8, 4) is 5.75 Å². The first-order valence-corrected chi connectivity index (χ1v) is 9.68. The number of ether oxygens (including phenoxy) is 1. The van der Waals surface area contributed by atoms with Crippen LogP contribution in [0.2, 0.25) is 5.02 Å². The lowest BCUT2D eigenvalue weighted by Crippen LogP contribution is -2.08. The molecule has 0 N–H and O–H groups in total. The van der Waals surface area contributed by atoms with Gasteiger partial charge in [0.1, 0.15) is 5.75 Å². The van der Waals surface area contributed by atoms with Crippen LogP contribution in [0.25, 0.3) is 0 Å². The monoisotopic (exact) mass is 396 g/mol. The molecule has 0 atom stereocenters. The van der Waals surface area contributed by atoms with Gasteiger partial charge >= 0.3 is 5.97 Å². The highest BCUT2D eigenvalue weighted by atomic mass is 35.5. The maximum Gasteiger partial charge on any atom is 0.343 e. The molecule has 0 unspecified atom stereocenters. The maximum absolute atomic E-state index is 12.2. The van der Waals surface area contributed by atoms with Gasteiger partial charge in [-0.3, -0.25) is 4.79 Å². The number of thioether (sulfide) groups is 1. The van der Waals surface area contributed by atoms with Crippen molar-refractivity contribution >= 4 is 35.1 Å². The average molecular weight is 397 g/mol. The fourth-order valence-electron chi connectivity index (χ4n) is 2.36. The molecule has 0 radical (unpaired) electrons. The largest absolute Gasteiger partial charge is 0.423 e. The van der Waals surface area contributed by atoms with Crippen LogP contribution in [-0.4, -0.2) is 11.8 Å². The van der Waals surface area contributed by atoms with Crippen molar-refractivity contribution in [3.63, 3.8) is 0 Å². The molecule has 0 aliphatic heterocycles. The van der Waals surface area contributed by atoms with Gasteiger partial charge in [0.25, 0.3) is 0 Å². The van der Waals surface area contributed by atoms with Gasteiger partial charge in [-0.05, 0) is 73.2 Å². The van der Waals surface area contributed by atoms with Crippen molar-refractivity contribution in [1.29, 1.82) is 0 Å². The average Bonchev–Trinajstić information content (AvgIpc) is 2.68. The minimum Gasteiger partial charge on any atom is -0.423 e. The predicted octanol–water partition coefficient (Wildman–Crippen LogP) is 6.05. The van der Waals surface area contributed by atoms with Crippen LogP contribution in [-0.2, 0) is 5.75 Å². The van der Waals surface area contributed by atoms with Crippen LogP contribution < -0.4 is 4.74 Å². The number of hydrogen-bond acceptors (Lipinski definition) is 4. The third kappa shape index (κ3) is 5.46. The van der Waals surface area contributed by atoms with E-state index in [1.807, 2.05) is 36.4 Å². The fourth-order valence-corrected chi connectivity index (χ4v) is 3.34.